The number of hydrogen-bond acceptors (Lipinski definition) is 4. The van der Waals surface area contributed by atoms with Gasteiger partial charge in [0, 0.05) is 30.0 Å². The Morgan fingerprint density at radius 2 is 1.97 bits per heavy atom. The summed E-state index contributed by atoms with van der Waals surface area (Å²) in [6.07, 6.45) is 5.43. The minimum Gasteiger partial charge on any atom is -0.345 e. The Hall–Kier alpha value is -2.93. The highest BCUT2D eigenvalue weighted by Gasteiger charge is 2.18. The molecule has 0 aliphatic carbocycles. The van der Waals surface area contributed by atoms with Gasteiger partial charge in [0.2, 0.25) is 0 Å². The van der Waals surface area contributed by atoms with Crippen LogP contribution >= 0.6 is 11.3 Å². The molecule has 0 saturated heterocycles. The van der Waals surface area contributed by atoms with Crippen molar-refractivity contribution in [2.75, 3.05) is 0 Å². The number of carbonyl (C=O) groups excluding carboxylic acids is 1. The lowest BCUT2D eigenvalue weighted by Gasteiger charge is -2.14. The third kappa shape index (κ3) is 3.96. The van der Waals surface area contributed by atoms with Crippen molar-refractivity contribution in [2.45, 2.75) is 40.3 Å². The lowest BCUT2D eigenvalue weighted by Crippen LogP contribution is -2.25. The molecule has 0 aliphatic heterocycles. The number of amides is 1. The van der Waals surface area contributed by atoms with Gasteiger partial charge in [-0.25, -0.2) is 4.98 Å². The summed E-state index contributed by atoms with van der Waals surface area (Å²) in [6.45, 7) is 9.19. The van der Waals surface area contributed by atoms with Crippen LogP contribution in [0.2, 0.25) is 0 Å². The van der Waals surface area contributed by atoms with Gasteiger partial charge in [0.05, 0.1) is 22.9 Å². The maximum absolute atomic E-state index is 12.9. The molecule has 1 N–H and O–H groups in total. The number of aryl methyl sites for hydroxylation is 1. The molecule has 1 atom stereocenters. The molecule has 0 fully saturated rings. The lowest BCUT2D eigenvalue weighted by molar-refractivity contribution is 0.0944. The smallest absolute Gasteiger partial charge is 0.261 e. The van der Waals surface area contributed by atoms with Crippen LogP contribution in [0.4, 0.5) is 0 Å². The van der Waals surface area contributed by atoms with Crippen LogP contribution in [0, 0.1) is 12.8 Å². The highest BCUT2D eigenvalue weighted by molar-refractivity contribution is 7.20. The first-order valence-electron chi connectivity index (χ1n) is 9.78. The van der Waals surface area contributed by atoms with Crippen LogP contribution < -0.4 is 5.32 Å². The van der Waals surface area contributed by atoms with E-state index in [4.69, 9.17) is 0 Å². The molecule has 0 spiro atoms. The Morgan fingerprint density at radius 3 is 2.62 bits per heavy atom. The Bertz CT molecular complexity index is 1120. The van der Waals surface area contributed by atoms with Crippen molar-refractivity contribution >= 4 is 27.5 Å². The van der Waals surface area contributed by atoms with E-state index in [1.54, 1.807) is 12.5 Å². The number of fused-ring (bicyclic) bond motifs is 1. The number of benzene rings is 1. The van der Waals surface area contributed by atoms with Crippen molar-refractivity contribution in [2.24, 2.45) is 5.92 Å². The number of thiophene rings is 1. The van der Waals surface area contributed by atoms with Crippen LogP contribution in [0.25, 0.3) is 15.9 Å². The van der Waals surface area contributed by atoms with Crippen molar-refractivity contribution in [3.8, 4) is 5.69 Å². The normalized spacial score (nSPS) is 12.6. The Morgan fingerprint density at radius 1 is 1.21 bits per heavy atom. The molecule has 4 rings (SSSR count). The second-order valence-electron chi connectivity index (χ2n) is 7.75. The number of imidazole rings is 1. The molecule has 0 bridgehead atoms. The summed E-state index contributed by atoms with van der Waals surface area (Å²) in [5.41, 5.74) is 3.07. The maximum atomic E-state index is 12.9. The van der Waals surface area contributed by atoms with Crippen LogP contribution in [0.3, 0.4) is 0 Å². The monoisotopic (exact) mass is 407 g/mol. The Kier molecular flexibility index (Phi) is 5.24. The van der Waals surface area contributed by atoms with Crippen LogP contribution in [-0.2, 0) is 6.54 Å². The SMILES string of the molecule is Cc1nn(CC(C)C)c2sc(C(=O)N[C@H](C)c3ccc(-n4ccnc4)cc3)cc12. The molecule has 0 unspecified atom stereocenters. The topological polar surface area (TPSA) is 64.7 Å². The average molecular weight is 408 g/mol. The molecule has 4 aromatic rings. The molecule has 1 aromatic carbocycles. The van der Waals surface area contributed by atoms with Crippen LogP contribution in [0.5, 0.6) is 0 Å². The maximum Gasteiger partial charge on any atom is 0.261 e. The molecule has 150 valence electrons. The number of nitrogens with one attached hydrogen (secondary N) is 1. The molecule has 29 heavy (non-hydrogen) atoms. The number of nitrogens with zero attached hydrogens (tertiary/aromatic N) is 4. The number of rotatable bonds is 6. The Labute approximate surface area is 174 Å². The molecule has 7 heteroatoms. The van der Waals surface area contributed by atoms with Gasteiger partial charge in [0.15, 0.2) is 0 Å². The van der Waals surface area contributed by atoms with Crippen LogP contribution in [0.15, 0.2) is 49.1 Å². The minimum atomic E-state index is -0.0854. The summed E-state index contributed by atoms with van der Waals surface area (Å²) >= 11 is 1.51. The van der Waals surface area contributed by atoms with Crippen molar-refractivity contribution in [3.63, 3.8) is 0 Å². The van der Waals surface area contributed by atoms with Gasteiger partial charge in [0.1, 0.15) is 4.83 Å². The van der Waals surface area contributed by atoms with E-state index in [0.29, 0.717) is 5.92 Å². The average Bonchev–Trinajstić information content (AvgIpc) is 3.41. The summed E-state index contributed by atoms with van der Waals surface area (Å²) in [7, 11) is 0. The van der Waals surface area contributed by atoms with Gasteiger partial charge in [-0.05, 0) is 43.5 Å². The number of carbonyl (C=O) groups is 1. The van der Waals surface area contributed by atoms with Crippen molar-refractivity contribution in [1.29, 1.82) is 0 Å². The van der Waals surface area contributed by atoms with Crippen LogP contribution in [0.1, 0.15) is 47.7 Å². The fourth-order valence-corrected chi connectivity index (χ4v) is 4.47. The molecule has 3 aromatic heterocycles. The van der Waals surface area contributed by atoms with Gasteiger partial charge in [0.25, 0.3) is 5.91 Å². The predicted octanol–water partition coefficient (Wildman–Crippen LogP) is 4.74. The van der Waals surface area contributed by atoms with E-state index >= 15 is 0 Å². The van der Waals surface area contributed by atoms with E-state index in [1.807, 2.05) is 59.6 Å². The summed E-state index contributed by atoms with van der Waals surface area (Å²) in [6, 6.07) is 10.0. The standard InChI is InChI=1S/C22H25N5OS/c1-14(2)12-27-22-19(16(4)25-27)11-20(29-22)21(28)24-15(3)17-5-7-18(8-6-17)26-10-9-23-13-26/h5-11,13-15H,12H2,1-4H3,(H,24,28)/t15-/m1/s1. The summed E-state index contributed by atoms with van der Waals surface area (Å²) < 4.78 is 3.97. The summed E-state index contributed by atoms with van der Waals surface area (Å²) in [5, 5.41) is 8.80. The molecular formula is C22H25N5OS. The second kappa shape index (κ2) is 7.83. The lowest BCUT2D eigenvalue weighted by atomic mass is 10.1. The van der Waals surface area contributed by atoms with Crippen molar-refractivity contribution < 1.29 is 4.79 Å². The van der Waals surface area contributed by atoms with Gasteiger partial charge in [-0.3, -0.25) is 9.48 Å². The first-order chi connectivity index (χ1) is 13.9. The Balaban J connectivity index is 1.50. The van der Waals surface area contributed by atoms with E-state index in [0.717, 1.165) is 38.6 Å². The minimum absolute atomic E-state index is 0.0483. The number of hydrogen-bond donors (Lipinski definition) is 1. The van der Waals surface area contributed by atoms with Gasteiger partial charge in [-0.1, -0.05) is 26.0 Å². The van der Waals surface area contributed by atoms with E-state index in [1.165, 1.54) is 11.3 Å². The first-order valence-corrected chi connectivity index (χ1v) is 10.6. The van der Waals surface area contributed by atoms with E-state index in [9.17, 15) is 4.79 Å². The largest absolute Gasteiger partial charge is 0.345 e. The van der Waals surface area contributed by atoms with Crippen LogP contribution in [-0.4, -0.2) is 25.2 Å². The third-order valence-corrected chi connectivity index (χ3v) is 6.06. The zero-order valence-electron chi connectivity index (χ0n) is 17.1. The quantitative estimate of drug-likeness (QED) is 0.502. The molecule has 3 heterocycles. The molecule has 1 amide bonds. The van der Waals surface area contributed by atoms with Gasteiger partial charge >= 0.3 is 0 Å². The zero-order valence-corrected chi connectivity index (χ0v) is 17.9. The van der Waals surface area contributed by atoms with E-state index < -0.39 is 0 Å². The molecule has 0 saturated carbocycles. The molecule has 0 aliphatic rings. The van der Waals surface area contributed by atoms with E-state index in [-0.39, 0.29) is 11.9 Å². The van der Waals surface area contributed by atoms with Gasteiger partial charge < -0.3 is 9.88 Å². The fourth-order valence-electron chi connectivity index (χ4n) is 3.39. The van der Waals surface area contributed by atoms with Crippen molar-refractivity contribution in [3.05, 3.63) is 65.2 Å². The van der Waals surface area contributed by atoms with Gasteiger partial charge in [-0.2, -0.15) is 5.10 Å². The van der Waals surface area contributed by atoms with Gasteiger partial charge in [-0.15, -0.1) is 11.3 Å². The molecular weight excluding hydrogens is 382 g/mol. The highest BCUT2D eigenvalue weighted by Crippen LogP contribution is 2.29. The molecule has 0 radical (unpaired) electrons. The highest BCUT2D eigenvalue weighted by atomic mass is 32.1. The summed E-state index contributed by atoms with van der Waals surface area (Å²) in [4.78, 5) is 18.7. The zero-order chi connectivity index (χ0) is 20.5. The number of aromatic nitrogens is 4. The predicted molar refractivity (Wildman–Crippen MR) is 117 cm³/mol. The van der Waals surface area contributed by atoms with Crippen molar-refractivity contribution in [1.82, 2.24) is 24.6 Å². The fraction of sp³-hybridized carbons (Fsp3) is 0.318. The molecule has 6 nitrogen and oxygen atoms in total. The van der Waals surface area contributed by atoms with E-state index in [2.05, 4.69) is 29.2 Å². The second-order valence-corrected chi connectivity index (χ2v) is 8.78. The third-order valence-electron chi connectivity index (χ3n) is 4.91. The first kappa shape index (κ1) is 19.4. The summed E-state index contributed by atoms with van der Waals surface area (Å²) in [5.74, 6) is 0.454.